The second-order valence-electron chi connectivity index (χ2n) is 6.17. The van der Waals surface area contributed by atoms with Gasteiger partial charge in [0.25, 0.3) is 0 Å². The zero-order chi connectivity index (χ0) is 16.9. The van der Waals surface area contributed by atoms with E-state index in [1.54, 1.807) is 0 Å². The molecule has 0 heterocycles. The Morgan fingerprint density at radius 1 is 1.18 bits per heavy atom. The number of amides is 3. The molecule has 0 aromatic heterocycles. The number of primary amides is 1. The molecule has 1 aromatic rings. The third-order valence-electron chi connectivity index (χ3n) is 3.28. The average Bonchev–Trinajstić information content (AvgIpc) is 2.43. The molecule has 0 saturated carbocycles. The average molecular weight is 302 g/mol. The summed E-state index contributed by atoms with van der Waals surface area (Å²) < 4.78 is 0. The fourth-order valence-corrected chi connectivity index (χ4v) is 1.91. The molecular weight excluding hydrogens is 280 g/mol. The molecule has 0 fully saturated rings. The lowest BCUT2D eigenvalue weighted by Crippen LogP contribution is -2.47. The van der Waals surface area contributed by atoms with E-state index in [1.165, 1.54) is 6.92 Å². The van der Waals surface area contributed by atoms with Crippen LogP contribution in [0.5, 0.6) is 0 Å². The molecule has 3 amide bonds. The Morgan fingerprint density at radius 2 is 1.73 bits per heavy atom. The summed E-state index contributed by atoms with van der Waals surface area (Å²) in [6, 6.07) is 7.19. The Balaban J connectivity index is 2.83. The van der Waals surface area contributed by atoms with Crippen LogP contribution < -0.4 is 16.4 Å². The van der Waals surface area contributed by atoms with E-state index < -0.39 is 24.0 Å². The van der Waals surface area contributed by atoms with Crippen molar-refractivity contribution in [2.45, 2.75) is 45.2 Å². The summed E-state index contributed by atoms with van der Waals surface area (Å²) in [5, 5.41) is 14.1. The molecule has 0 saturated heterocycles. The predicted molar refractivity (Wildman–Crippen MR) is 83.8 cm³/mol. The van der Waals surface area contributed by atoms with E-state index in [2.05, 4.69) is 31.4 Å². The molecule has 4 N–H and O–H groups in total. The number of nitrogens with one attached hydrogen (secondary N) is 2. The number of carbonyl (C=O) groups is 2. The quantitative estimate of drug-likeness (QED) is 0.788. The van der Waals surface area contributed by atoms with Gasteiger partial charge in [-0.3, -0.25) is 4.79 Å². The Kier molecular flexibility index (Phi) is 5.52. The Hall–Kier alpha value is -2.55. The van der Waals surface area contributed by atoms with Gasteiger partial charge in [-0.25, -0.2) is 4.79 Å². The highest BCUT2D eigenvalue weighted by molar-refractivity contribution is 5.86. The monoisotopic (exact) mass is 302 g/mol. The van der Waals surface area contributed by atoms with Gasteiger partial charge in [0, 0.05) is 0 Å². The van der Waals surface area contributed by atoms with E-state index in [9.17, 15) is 14.9 Å². The van der Waals surface area contributed by atoms with E-state index in [1.807, 2.05) is 30.3 Å². The lowest BCUT2D eigenvalue weighted by Gasteiger charge is -2.20. The second-order valence-corrected chi connectivity index (χ2v) is 6.17. The maximum Gasteiger partial charge on any atom is 0.312 e. The number of nitrogens with zero attached hydrogens (tertiary/aromatic N) is 1. The molecule has 0 bridgehead atoms. The number of rotatable bonds is 4. The van der Waals surface area contributed by atoms with Crippen molar-refractivity contribution >= 4 is 11.9 Å². The number of benzene rings is 1. The minimum Gasteiger partial charge on any atom is -0.352 e. The van der Waals surface area contributed by atoms with Gasteiger partial charge >= 0.3 is 6.03 Å². The van der Waals surface area contributed by atoms with Crippen molar-refractivity contribution in [2.24, 2.45) is 5.73 Å². The number of nitriles is 1. The largest absolute Gasteiger partial charge is 0.352 e. The normalized spacial score (nSPS) is 13.6. The summed E-state index contributed by atoms with van der Waals surface area (Å²) in [6.07, 6.45) is 0. The van der Waals surface area contributed by atoms with Gasteiger partial charge in [-0.05, 0) is 23.5 Å². The van der Waals surface area contributed by atoms with Gasteiger partial charge in [0.2, 0.25) is 5.91 Å². The van der Waals surface area contributed by atoms with Crippen LogP contribution in [0.15, 0.2) is 24.3 Å². The van der Waals surface area contributed by atoms with Crippen molar-refractivity contribution in [1.29, 1.82) is 5.26 Å². The molecule has 2 unspecified atom stereocenters. The minimum absolute atomic E-state index is 0.0177. The molecule has 0 aliphatic rings. The van der Waals surface area contributed by atoms with Crippen molar-refractivity contribution in [3.8, 4) is 6.07 Å². The molecule has 6 heteroatoms. The maximum absolute atomic E-state index is 11.9. The molecule has 0 radical (unpaired) electrons. The van der Waals surface area contributed by atoms with Crippen LogP contribution in [0.1, 0.15) is 44.9 Å². The fourth-order valence-electron chi connectivity index (χ4n) is 1.91. The summed E-state index contributed by atoms with van der Waals surface area (Å²) in [7, 11) is 0. The van der Waals surface area contributed by atoms with Crippen molar-refractivity contribution in [2.75, 3.05) is 0 Å². The zero-order valence-electron chi connectivity index (χ0n) is 13.3. The number of urea groups is 1. The van der Waals surface area contributed by atoms with E-state index in [0.29, 0.717) is 5.56 Å². The van der Waals surface area contributed by atoms with Gasteiger partial charge in [0.15, 0.2) is 0 Å². The van der Waals surface area contributed by atoms with Crippen LogP contribution in [0.25, 0.3) is 0 Å². The first-order valence-corrected chi connectivity index (χ1v) is 7.01. The van der Waals surface area contributed by atoms with Gasteiger partial charge in [0.1, 0.15) is 12.1 Å². The maximum atomic E-state index is 11.9. The lowest BCUT2D eigenvalue weighted by molar-refractivity contribution is -0.122. The molecule has 1 rings (SSSR count). The van der Waals surface area contributed by atoms with Crippen LogP contribution in [0.4, 0.5) is 4.79 Å². The third kappa shape index (κ3) is 4.77. The summed E-state index contributed by atoms with van der Waals surface area (Å²) in [5.74, 6) is -0.467. The highest BCUT2D eigenvalue weighted by Gasteiger charge is 2.20. The highest BCUT2D eigenvalue weighted by atomic mass is 16.2. The number of carbonyl (C=O) groups excluding carboxylic acids is 2. The zero-order valence-corrected chi connectivity index (χ0v) is 13.3. The summed E-state index contributed by atoms with van der Waals surface area (Å²) in [5.41, 5.74) is 6.82. The SMILES string of the molecule is CC(NC(N)=O)C(=O)NC(C#N)c1ccc(C(C)(C)C)cc1. The van der Waals surface area contributed by atoms with Crippen molar-refractivity contribution in [3.05, 3.63) is 35.4 Å². The molecule has 22 heavy (non-hydrogen) atoms. The van der Waals surface area contributed by atoms with Crippen molar-refractivity contribution in [3.63, 3.8) is 0 Å². The van der Waals surface area contributed by atoms with E-state index in [4.69, 9.17) is 5.73 Å². The minimum atomic E-state index is -0.804. The van der Waals surface area contributed by atoms with E-state index >= 15 is 0 Å². The van der Waals surface area contributed by atoms with Crippen LogP contribution in [0.2, 0.25) is 0 Å². The van der Waals surface area contributed by atoms with Crippen LogP contribution >= 0.6 is 0 Å². The van der Waals surface area contributed by atoms with Crippen LogP contribution in [-0.2, 0) is 10.2 Å². The van der Waals surface area contributed by atoms with Crippen LogP contribution in [0, 0.1) is 11.3 Å². The Labute approximate surface area is 130 Å². The van der Waals surface area contributed by atoms with Gasteiger partial charge in [0.05, 0.1) is 6.07 Å². The smallest absolute Gasteiger partial charge is 0.312 e. The fraction of sp³-hybridized carbons (Fsp3) is 0.438. The first kappa shape index (κ1) is 17.5. The summed E-state index contributed by atoms with van der Waals surface area (Å²) in [6.45, 7) is 7.80. The molecule has 1 aromatic carbocycles. The summed E-state index contributed by atoms with van der Waals surface area (Å²) in [4.78, 5) is 22.7. The van der Waals surface area contributed by atoms with E-state index in [0.717, 1.165) is 5.56 Å². The van der Waals surface area contributed by atoms with Crippen LogP contribution in [0.3, 0.4) is 0 Å². The van der Waals surface area contributed by atoms with Crippen LogP contribution in [-0.4, -0.2) is 18.0 Å². The first-order valence-electron chi connectivity index (χ1n) is 7.01. The van der Waals surface area contributed by atoms with Gasteiger partial charge < -0.3 is 16.4 Å². The molecule has 0 aliphatic carbocycles. The van der Waals surface area contributed by atoms with E-state index in [-0.39, 0.29) is 5.41 Å². The number of nitrogens with two attached hydrogens (primary N) is 1. The van der Waals surface area contributed by atoms with Crippen molar-refractivity contribution < 1.29 is 9.59 Å². The second kappa shape index (κ2) is 6.94. The topological polar surface area (TPSA) is 108 Å². The predicted octanol–water partition coefficient (Wildman–Crippen LogP) is 1.72. The highest BCUT2D eigenvalue weighted by Crippen LogP contribution is 2.23. The first-order chi connectivity index (χ1) is 10.1. The Morgan fingerprint density at radius 3 is 2.14 bits per heavy atom. The molecule has 0 aliphatic heterocycles. The molecule has 2 atom stereocenters. The Bertz CT molecular complexity index is 582. The number of hydrogen-bond acceptors (Lipinski definition) is 3. The molecular formula is C16H22N4O2. The third-order valence-corrected chi connectivity index (χ3v) is 3.28. The molecule has 118 valence electrons. The van der Waals surface area contributed by atoms with Gasteiger partial charge in [-0.15, -0.1) is 0 Å². The summed E-state index contributed by atoms with van der Waals surface area (Å²) >= 11 is 0. The standard InChI is InChI=1S/C16H22N4O2/c1-10(19-15(18)22)14(21)20-13(9-17)11-5-7-12(8-6-11)16(2,3)4/h5-8,10,13H,1-4H3,(H,20,21)(H3,18,19,22). The lowest BCUT2D eigenvalue weighted by atomic mass is 9.86. The van der Waals surface area contributed by atoms with Gasteiger partial charge in [-0.2, -0.15) is 5.26 Å². The number of hydrogen-bond donors (Lipinski definition) is 3. The molecule has 6 nitrogen and oxygen atoms in total. The van der Waals surface area contributed by atoms with Gasteiger partial charge in [-0.1, -0.05) is 45.0 Å². The molecule has 0 spiro atoms. The van der Waals surface area contributed by atoms with Crippen molar-refractivity contribution in [1.82, 2.24) is 10.6 Å².